The highest BCUT2D eigenvalue weighted by molar-refractivity contribution is 5.62. The number of nitrogens with one attached hydrogen (secondary N) is 2. The number of aryl methyl sites for hydroxylation is 1. The molecule has 0 fully saturated rings. The summed E-state index contributed by atoms with van der Waals surface area (Å²) in [7, 11) is 0. The van der Waals surface area contributed by atoms with Gasteiger partial charge in [-0.2, -0.15) is 5.10 Å². The van der Waals surface area contributed by atoms with Crippen LogP contribution in [0.15, 0.2) is 42.7 Å². The average Bonchev–Trinajstić information content (AvgIpc) is 3.23. The van der Waals surface area contributed by atoms with Crippen LogP contribution in [0.5, 0.6) is 0 Å². The van der Waals surface area contributed by atoms with E-state index in [2.05, 4.69) is 58.6 Å². The number of hydrogen-bond acceptors (Lipinski definition) is 4. The van der Waals surface area contributed by atoms with E-state index in [1.807, 2.05) is 18.5 Å². The zero-order valence-corrected chi connectivity index (χ0v) is 14.0. The van der Waals surface area contributed by atoms with Gasteiger partial charge in [-0.3, -0.25) is 5.10 Å². The molecule has 0 saturated heterocycles. The molecule has 1 aromatic carbocycles. The molecule has 0 saturated carbocycles. The molecule has 4 rings (SSSR count). The monoisotopic (exact) mass is 319 g/mol. The Morgan fingerprint density at radius 3 is 2.96 bits per heavy atom. The lowest BCUT2D eigenvalue weighted by Crippen LogP contribution is -2.10. The van der Waals surface area contributed by atoms with Gasteiger partial charge in [-0.05, 0) is 36.0 Å². The van der Waals surface area contributed by atoms with Crippen LogP contribution in [0, 0.1) is 0 Å². The molecule has 24 heavy (non-hydrogen) atoms. The molecule has 1 atom stereocenters. The van der Waals surface area contributed by atoms with Crippen molar-refractivity contribution in [2.75, 3.05) is 5.32 Å². The van der Waals surface area contributed by atoms with Gasteiger partial charge in [0.05, 0.1) is 17.9 Å². The van der Waals surface area contributed by atoms with Crippen molar-refractivity contribution in [1.82, 2.24) is 20.2 Å². The van der Waals surface area contributed by atoms with Crippen molar-refractivity contribution in [3.63, 3.8) is 0 Å². The number of H-pyrrole nitrogens is 1. The summed E-state index contributed by atoms with van der Waals surface area (Å²) >= 11 is 0. The van der Waals surface area contributed by atoms with Gasteiger partial charge in [0.15, 0.2) is 0 Å². The van der Waals surface area contributed by atoms with Gasteiger partial charge in [0.25, 0.3) is 0 Å². The van der Waals surface area contributed by atoms with E-state index < -0.39 is 0 Å². The molecule has 2 heterocycles. The van der Waals surface area contributed by atoms with Crippen LogP contribution in [0.4, 0.5) is 5.95 Å². The van der Waals surface area contributed by atoms with Crippen LogP contribution in [0.1, 0.15) is 49.0 Å². The van der Waals surface area contributed by atoms with Gasteiger partial charge in [-0.1, -0.05) is 38.1 Å². The third-order valence-corrected chi connectivity index (χ3v) is 4.61. The molecule has 0 bridgehead atoms. The minimum absolute atomic E-state index is 0.283. The average molecular weight is 319 g/mol. The molecule has 5 nitrogen and oxygen atoms in total. The summed E-state index contributed by atoms with van der Waals surface area (Å²) < 4.78 is 0. The Morgan fingerprint density at radius 2 is 2.08 bits per heavy atom. The maximum atomic E-state index is 4.71. The fourth-order valence-electron chi connectivity index (χ4n) is 3.38. The Morgan fingerprint density at radius 1 is 1.21 bits per heavy atom. The van der Waals surface area contributed by atoms with Crippen LogP contribution in [-0.2, 0) is 6.42 Å². The fraction of sp³-hybridized carbons (Fsp3) is 0.316. The molecular formula is C19H21N5. The number of benzene rings is 1. The first-order valence-corrected chi connectivity index (χ1v) is 8.43. The van der Waals surface area contributed by atoms with Crippen molar-refractivity contribution in [2.45, 2.75) is 38.6 Å². The fourth-order valence-corrected chi connectivity index (χ4v) is 3.38. The number of rotatable bonds is 4. The first-order valence-electron chi connectivity index (χ1n) is 8.43. The van der Waals surface area contributed by atoms with E-state index in [1.54, 1.807) is 0 Å². The molecule has 1 aliphatic carbocycles. The van der Waals surface area contributed by atoms with Gasteiger partial charge < -0.3 is 5.32 Å². The first kappa shape index (κ1) is 14.9. The van der Waals surface area contributed by atoms with Gasteiger partial charge in [-0.25, -0.2) is 9.97 Å². The van der Waals surface area contributed by atoms with Crippen molar-refractivity contribution < 1.29 is 0 Å². The topological polar surface area (TPSA) is 66.5 Å². The highest BCUT2D eigenvalue weighted by atomic mass is 15.1. The standard InChI is InChI=1S/C19H21N5/c1-12(2)18-15(11-21-24-18)17-9-10-20-19(23-17)22-16-8-7-13-5-3-4-6-14(13)16/h3-6,9-12,16H,7-8H2,1-2H3,(H,21,24)(H,20,22,23)/t16-/m0/s1. The Hall–Kier alpha value is -2.69. The van der Waals surface area contributed by atoms with Gasteiger partial charge in [0.2, 0.25) is 5.95 Å². The molecule has 1 aliphatic rings. The quantitative estimate of drug-likeness (QED) is 0.760. The highest BCUT2D eigenvalue weighted by Gasteiger charge is 2.22. The van der Waals surface area contributed by atoms with Crippen LogP contribution in [0.3, 0.4) is 0 Å². The Bertz CT molecular complexity index is 852. The summed E-state index contributed by atoms with van der Waals surface area (Å²) in [4.78, 5) is 9.12. The molecule has 2 aromatic heterocycles. The normalized spacial score (nSPS) is 16.4. The van der Waals surface area contributed by atoms with Gasteiger partial charge in [0, 0.05) is 17.5 Å². The van der Waals surface area contributed by atoms with Crippen LogP contribution < -0.4 is 5.32 Å². The second kappa shape index (κ2) is 6.07. The van der Waals surface area contributed by atoms with Crippen LogP contribution in [0.2, 0.25) is 0 Å². The van der Waals surface area contributed by atoms with Crippen molar-refractivity contribution in [2.24, 2.45) is 0 Å². The maximum Gasteiger partial charge on any atom is 0.223 e. The summed E-state index contributed by atoms with van der Waals surface area (Å²) in [6, 6.07) is 10.8. The van der Waals surface area contributed by atoms with Crippen LogP contribution in [0.25, 0.3) is 11.3 Å². The smallest absolute Gasteiger partial charge is 0.223 e. The predicted octanol–water partition coefficient (Wildman–Crippen LogP) is 4.09. The molecule has 0 radical (unpaired) electrons. The number of aromatic amines is 1. The molecule has 0 spiro atoms. The minimum atomic E-state index is 0.283. The summed E-state index contributed by atoms with van der Waals surface area (Å²) in [5.74, 6) is 1.04. The number of anilines is 1. The zero-order valence-electron chi connectivity index (χ0n) is 14.0. The lowest BCUT2D eigenvalue weighted by molar-refractivity contribution is 0.751. The Kier molecular flexibility index (Phi) is 3.76. The van der Waals surface area contributed by atoms with Crippen LogP contribution >= 0.6 is 0 Å². The van der Waals surface area contributed by atoms with E-state index in [1.165, 1.54) is 11.1 Å². The van der Waals surface area contributed by atoms with Crippen molar-refractivity contribution >= 4 is 5.95 Å². The molecule has 0 amide bonds. The lowest BCUT2D eigenvalue weighted by atomic mass is 10.0. The Balaban J connectivity index is 1.61. The molecular weight excluding hydrogens is 298 g/mol. The van der Waals surface area contributed by atoms with Crippen molar-refractivity contribution in [3.8, 4) is 11.3 Å². The maximum absolute atomic E-state index is 4.71. The Labute approximate surface area is 141 Å². The third kappa shape index (κ3) is 2.66. The highest BCUT2D eigenvalue weighted by Crippen LogP contribution is 2.33. The van der Waals surface area contributed by atoms with E-state index in [0.29, 0.717) is 11.9 Å². The number of aromatic nitrogens is 4. The summed E-state index contributed by atoms with van der Waals surface area (Å²) in [5, 5.41) is 10.8. The first-order chi connectivity index (χ1) is 11.7. The number of nitrogens with zero attached hydrogens (tertiary/aromatic N) is 3. The third-order valence-electron chi connectivity index (χ3n) is 4.61. The van der Waals surface area contributed by atoms with Gasteiger partial charge >= 0.3 is 0 Å². The van der Waals surface area contributed by atoms with Crippen LogP contribution in [-0.4, -0.2) is 20.2 Å². The minimum Gasteiger partial charge on any atom is -0.347 e. The van der Waals surface area contributed by atoms with E-state index in [4.69, 9.17) is 4.98 Å². The summed E-state index contributed by atoms with van der Waals surface area (Å²) in [6.45, 7) is 4.29. The van der Waals surface area contributed by atoms with Crippen molar-refractivity contribution in [3.05, 3.63) is 59.5 Å². The predicted molar refractivity (Wildman–Crippen MR) is 94.8 cm³/mol. The molecule has 2 N–H and O–H groups in total. The van der Waals surface area contributed by atoms with E-state index in [0.717, 1.165) is 29.8 Å². The number of fused-ring (bicyclic) bond motifs is 1. The molecule has 122 valence electrons. The SMILES string of the molecule is CC(C)c1[nH]ncc1-c1ccnc(N[C@H]2CCc3ccccc32)n1. The zero-order chi connectivity index (χ0) is 16.5. The van der Waals surface area contributed by atoms with Crippen molar-refractivity contribution in [1.29, 1.82) is 0 Å². The summed E-state index contributed by atoms with van der Waals surface area (Å²) in [6.07, 6.45) is 5.83. The molecule has 5 heteroatoms. The number of hydrogen-bond donors (Lipinski definition) is 2. The second-order valence-electron chi connectivity index (χ2n) is 6.55. The molecule has 0 unspecified atom stereocenters. The molecule has 0 aliphatic heterocycles. The largest absolute Gasteiger partial charge is 0.347 e. The van der Waals surface area contributed by atoms with E-state index in [-0.39, 0.29) is 6.04 Å². The summed E-state index contributed by atoms with van der Waals surface area (Å²) in [5.41, 5.74) is 5.82. The van der Waals surface area contributed by atoms with E-state index in [9.17, 15) is 0 Å². The second-order valence-corrected chi connectivity index (χ2v) is 6.55. The van der Waals surface area contributed by atoms with Gasteiger partial charge in [0.1, 0.15) is 0 Å². The lowest BCUT2D eigenvalue weighted by Gasteiger charge is -2.14. The van der Waals surface area contributed by atoms with Gasteiger partial charge in [-0.15, -0.1) is 0 Å². The molecule has 3 aromatic rings. The van der Waals surface area contributed by atoms with E-state index >= 15 is 0 Å².